The fourth-order valence-electron chi connectivity index (χ4n) is 2.91. The third-order valence-electron chi connectivity index (χ3n) is 4.07. The highest BCUT2D eigenvalue weighted by Gasteiger charge is 2.16. The van der Waals surface area contributed by atoms with Gasteiger partial charge in [-0.2, -0.15) is 0 Å². The number of carboxylic acids is 1. The number of carbonyl (C=O) groups is 1. The smallest absolute Gasteiger partial charge is 0.335 e. The molecule has 0 amide bonds. The largest absolute Gasteiger partial charge is 0.478 e. The van der Waals surface area contributed by atoms with Crippen molar-refractivity contribution in [3.63, 3.8) is 0 Å². The third-order valence-corrected chi connectivity index (χ3v) is 4.07. The van der Waals surface area contributed by atoms with E-state index in [1.54, 1.807) is 0 Å². The number of rotatable bonds is 6. The van der Waals surface area contributed by atoms with E-state index in [-0.39, 0.29) is 0 Å². The molecule has 0 saturated heterocycles. The lowest BCUT2D eigenvalue weighted by Gasteiger charge is -2.12. The fourth-order valence-corrected chi connectivity index (χ4v) is 2.91. The van der Waals surface area contributed by atoms with E-state index >= 15 is 0 Å². The molecule has 1 N–H and O–H groups in total. The van der Waals surface area contributed by atoms with Crippen molar-refractivity contribution in [2.75, 3.05) is 0 Å². The first-order valence-corrected chi connectivity index (χ1v) is 7.89. The Morgan fingerprint density at radius 1 is 1.24 bits per heavy atom. The first-order valence-electron chi connectivity index (χ1n) is 7.89. The van der Waals surface area contributed by atoms with Gasteiger partial charge in [0, 0.05) is 17.6 Å². The number of nitrogens with zero attached hydrogens (tertiary/aromatic N) is 1. The van der Waals surface area contributed by atoms with E-state index < -0.39 is 5.97 Å². The van der Waals surface area contributed by atoms with Crippen LogP contribution >= 0.6 is 0 Å². The Kier molecular flexibility index (Phi) is 4.71. The molecule has 0 fully saturated rings. The van der Waals surface area contributed by atoms with Gasteiger partial charge >= 0.3 is 5.97 Å². The van der Waals surface area contributed by atoms with Crippen molar-refractivity contribution in [2.45, 2.75) is 59.4 Å². The Morgan fingerprint density at radius 2 is 1.95 bits per heavy atom. The van der Waals surface area contributed by atoms with E-state index in [0.29, 0.717) is 11.6 Å². The summed E-state index contributed by atoms with van der Waals surface area (Å²) in [6, 6.07) is 4.05. The van der Waals surface area contributed by atoms with Gasteiger partial charge in [-0.1, -0.05) is 20.3 Å². The summed E-state index contributed by atoms with van der Waals surface area (Å²) in [7, 11) is 0. The van der Waals surface area contributed by atoms with Crippen molar-refractivity contribution in [3.05, 3.63) is 35.0 Å². The molecular formula is C18H25NO2. The van der Waals surface area contributed by atoms with Gasteiger partial charge in [-0.3, -0.25) is 0 Å². The quantitative estimate of drug-likeness (QED) is 0.827. The number of aromatic nitrogens is 1. The van der Waals surface area contributed by atoms with Crippen LogP contribution in [0.5, 0.6) is 0 Å². The van der Waals surface area contributed by atoms with E-state index in [0.717, 1.165) is 36.6 Å². The summed E-state index contributed by atoms with van der Waals surface area (Å²) in [5, 5.41) is 10.5. The zero-order chi connectivity index (χ0) is 15.6. The van der Waals surface area contributed by atoms with Gasteiger partial charge in [-0.15, -0.1) is 0 Å². The number of aryl methyl sites for hydroxylation is 2. The lowest BCUT2D eigenvalue weighted by Crippen LogP contribution is -2.03. The van der Waals surface area contributed by atoms with E-state index in [1.807, 2.05) is 12.1 Å². The molecular weight excluding hydrogens is 262 g/mol. The highest BCUT2D eigenvalue weighted by Crippen LogP contribution is 2.30. The van der Waals surface area contributed by atoms with Gasteiger partial charge in [-0.05, 0) is 56.4 Å². The predicted molar refractivity (Wildman–Crippen MR) is 87.3 cm³/mol. The minimum absolute atomic E-state index is 0.379. The molecule has 0 aliphatic rings. The summed E-state index contributed by atoms with van der Waals surface area (Å²) < 4.78 is 2.30. The topological polar surface area (TPSA) is 42.2 Å². The molecule has 0 aliphatic carbocycles. The summed E-state index contributed by atoms with van der Waals surface area (Å²) in [6.45, 7) is 8.62. The maximum atomic E-state index is 11.4. The lowest BCUT2D eigenvalue weighted by molar-refractivity contribution is 0.0697. The summed E-state index contributed by atoms with van der Waals surface area (Å²) in [6.07, 6.45) is 6.36. The van der Waals surface area contributed by atoms with Crippen LogP contribution in [0.15, 0.2) is 18.3 Å². The number of aromatic carboxylic acids is 1. The molecule has 0 atom stereocenters. The molecule has 114 valence electrons. The van der Waals surface area contributed by atoms with Crippen LogP contribution in [-0.4, -0.2) is 15.6 Å². The third kappa shape index (κ3) is 2.97. The van der Waals surface area contributed by atoms with Gasteiger partial charge in [-0.25, -0.2) is 4.79 Å². The second-order valence-corrected chi connectivity index (χ2v) is 5.95. The van der Waals surface area contributed by atoms with E-state index in [9.17, 15) is 9.90 Å². The van der Waals surface area contributed by atoms with Crippen LogP contribution < -0.4 is 0 Å². The van der Waals surface area contributed by atoms with Crippen LogP contribution in [0.4, 0.5) is 0 Å². The molecule has 21 heavy (non-hydrogen) atoms. The van der Waals surface area contributed by atoms with Crippen LogP contribution in [0, 0.1) is 0 Å². The summed E-state index contributed by atoms with van der Waals surface area (Å²) in [5.74, 6) is -0.842. The summed E-state index contributed by atoms with van der Waals surface area (Å²) >= 11 is 0. The molecule has 0 unspecified atom stereocenters. The molecule has 0 aliphatic heterocycles. The van der Waals surface area contributed by atoms with Crippen LogP contribution in [-0.2, 0) is 12.8 Å². The van der Waals surface area contributed by atoms with Gasteiger partial charge in [0.1, 0.15) is 0 Å². The zero-order valence-corrected chi connectivity index (χ0v) is 13.4. The number of benzene rings is 1. The molecule has 0 radical (unpaired) electrons. The minimum atomic E-state index is -0.842. The van der Waals surface area contributed by atoms with E-state index in [4.69, 9.17) is 0 Å². The van der Waals surface area contributed by atoms with Crippen molar-refractivity contribution < 1.29 is 9.90 Å². The maximum Gasteiger partial charge on any atom is 0.335 e. The predicted octanol–water partition coefficient (Wildman–Crippen LogP) is 4.83. The first kappa shape index (κ1) is 15.6. The maximum absolute atomic E-state index is 11.4. The van der Waals surface area contributed by atoms with Gasteiger partial charge in [0.25, 0.3) is 0 Å². The number of hydrogen-bond donors (Lipinski definition) is 1. The molecule has 0 saturated carbocycles. The van der Waals surface area contributed by atoms with Gasteiger partial charge < -0.3 is 9.67 Å². The molecule has 1 heterocycles. The second-order valence-electron chi connectivity index (χ2n) is 5.95. The van der Waals surface area contributed by atoms with Crippen molar-refractivity contribution in [3.8, 4) is 0 Å². The van der Waals surface area contributed by atoms with Crippen molar-refractivity contribution in [2.24, 2.45) is 0 Å². The molecule has 0 bridgehead atoms. The SMILES string of the molecule is CCCCc1cn(C(C)C)c2c(CC)cc(C(=O)O)cc12. The number of hydrogen-bond acceptors (Lipinski definition) is 1. The fraction of sp³-hybridized carbons (Fsp3) is 0.500. The summed E-state index contributed by atoms with van der Waals surface area (Å²) in [4.78, 5) is 11.4. The van der Waals surface area contributed by atoms with Crippen molar-refractivity contribution in [1.82, 2.24) is 4.57 Å². The normalized spacial score (nSPS) is 11.5. The highest BCUT2D eigenvalue weighted by atomic mass is 16.4. The lowest BCUT2D eigenvalue weighted by atomic mass is 10.0. The number of carboxylic acid groups (broad SMARTS) is 1. The Balaban J connectivity index is 2.73. The Hall–Kier alpha value is -1.77. The van der Waals surface area contributed by atoms with Crippen LogP contribution in [0.3, 0.4) is 0 Å². The monoisotopic (exact) mass is 287 g/mol. The van der Waals surface area contributed by atoms with Crippen LogP contribution in [0.25, 0.3) is 10.9 Å². The van der Waals surface area contributed by atoms with E-state index in [2.05, 4.69) is 38.5 Å². The Labute approximate surface area is 126 Å². The van der Waals surface area contributed by atoms with Gasteiger partial charge in [0.15, 0.2) is 0 Å². The van der Waals surface area contributed by atoms with Crippen molar-refractivity contribution >= 4 is 16.9 Å². The second kappa shape index (κ2) is 6.33. The van der Waals surface area contributed by atoms with Gasteiger partial charge in [0.05, 0.1) is 11.1 Å². The Bertz CT molecular complexity index is 653. The molecule has 1 aromatic carbocycles. The summed E-state index contributed by atoms with van der Waals surface area (Å²) in [5.41, 5.74) is 4.02. The van der Waals surface area contributed by atoms with Crippen LogP contribution in [0.1, 0.15) is 68.1 Å². The average Bonchev–Trinajstić information content (AvgIpc) is 2.83. The molecule has 2 rings (SSSR count). The van der Waals surface area contributed by atoms with Gasteiger partial charge in [0.2, 0.25) is 0 Å². The zero-order valence-electron chi connectivity index (χ0n) is 13.4. The van der Waals surface area contributed by atoms with Crippen molar-refractivity contribution in [1.29, 1.82) is 0 Å². The number of fused-ring (bicyclic) bond motifs is 1. The average molecular weight is 287 g/mol. The standard InChI is InChI=1S/C18H25NO2/c1-5-7-8-14-11-19(12(3)4)17-13(6-2)9-15(18(20)21)10-16(14)17/h9-12H,5-8H2,1-4H3,(H,20,21). The molecule has 3 heteroatoms. The molecule has 2 aromatic rings. The molecule has 1 aromatic heterocycles. The molecule has 3 nitrogen and oxygen atoms in total. The highest BCUT2D eigenvalue weighted by molar-refractivity contribution is 5.96. The number of unbranched alkanes of at least 4 members (excludes halogenated alkanes) is 1. The van der Waals surface area contributed by atoms with Crippen LogP contribution in [0.2, 0.25) is 0 Å². The Morgan fingerprint density at radius 3 is 2.48 bits per heavy atom. The molecule has 0 spiro atoms. The van der Waals surface area contributed by atoms with E-state index in [1.165, 1.54) is 11.1 Å². The minimum Gasteiger partial charge on any atom is -0.478 e. The first-order chi connectivity index (χ1) is 9.99.